The number of hydrogen-bond acceptors (Lipinski definition) is 7. The van der Waals surface area contributed by atoms with E-state index in [0.29, 0.717) is 40.2 Å². The molecule has 0 aliphatic rings. The van der Waals surface area contributed by atoms with Crippen LogP contribution in [0.2, 0.25) is 0 Å². The van der Waals surface area contributed by atoms with Gasteiger partial charge in [-0.3, -0.25) is 4.79 Å². The second-order valence-corrected chi connectivity index (χ2v) is 7.60. The van der Waals surface area contributed by atoms with E-state index < -0.39 is 0 Å². The Kier molecular flexibility index (Phi) is 7.03. The minimum Gasteiger partial charge on any atom is -0.493 e. The number of ether oxygens (including phenoxy) is 2. The summed E-state index contributed by atoms with van der Waals surface area (Å²) in [5.74, 6) is 0.884. The third-order valence-electron chi connectivity index (χ3n) is 4.34. The molecule has 2 aromatic carbocycles. The molecule has 30 heavy (non-hydrogen) atoms. The monoisotopic (exact) mass is 424 g/mol. The van der Waals surface area contributed by atoms with Gasteiger partial charge in [0.2, 0.25) is 0 Å². The number of aromatic nitrogens is 1. The summed E-state index contributed by atoms with van der Waals surface area (Å²) in [6, 6.07) is 13.6. The summed E-state index contributed by atoms with van der Waals surface area (Å²) in [6.45, 7) is 4.41. The summed E-state index contributed by atoms with van der Waals surface area (Å²) in [6.07, 6.45) is 2.17. The number of rotatable bonds is 8. The van der Waals surface area contributed by atoms with E-state index in [-0.39, 0.29) is 5.91 Å². The smallest absolute Gasteiger partial charge is 0.283 e. The van der Waals surface area contributed by atoms with Crippen molar-refractivity contribution in [2.45, 2.75) is 26.9 Å². The Labute approximate surface area is 179 Å². The number of nitrogen functional groups attached to an aromatic ring is 1. The van der Waals surface area contributed by atoms with Crippen molar-refractivity contribution in [1.82, 2.24) is 10.4 Å². The average Bonchev–Trinajstić information content (AvgIpc) is 3.14. The van der Waals surface area contributed by atoms with Gasteiger partial charge in [-0.05, 0) is 42.7 Å². The van der Waals surface area contributed by atoms with Crippen LogP contribution in [0.25, 0.3) is 0 Å². The molecule has 0 fully saturated rings. The summed E-state index contributed by atoms with van der Waals surface area (Å²) in [5, 5.41) is 4.39. The molecule has 0 bridgehead atoms. The van der Waals surface area contributed by atoms with Crippen LogP contribution in [-0.2, 0) is 13.0 Å². The fourth-order valence-electron chi connectivity index (χ4n) is 2.73. The molecule has 0 aliphatic carbocycles. The molecule has 0 saturated carbocycles. The van der Waals surface area contributed by atoms with E-state index in [1.54, 1.807) is 19.4 Å². The summed E-state index contributed by atoms with van der Waals surface area (Å²) < 4.78 is 11.3. The van der Waals surface area contributed by atoms with Crippen LogP contribution in [0.3, 0.4) is 0 Å². The minimum absolute atomic E-state index is 0.331. The number of hydrogen-bond donors (Lipinski definition) is 2. The molecule has 0 atom stereocenters. The lowest BCUT2D eigenvalue weighted by Gasteiger charge is -2.11. The zero-order valence-electron chi connectivity index (χ0n) is 17.1. The van der Waals surface area contributed by atoms with Crippen LogP contribution in [0.4, 0.5) is 5.13 Å². The van der Waals surface area contributed by atoms with Crippen molar-refractivity contribution in [3.63, 3.8) is 0 Å². The van der Waals surface area contributed by atoms with Gasteiger partial charge in [-0.2, -0.15) is 5.10 Å². The van der Waals surface area contributed by atoms with Crippen LogP contribution < -0.4 is 20.6 Å². The number of aryl methyl sites for hydroxylation is 2. The average molecular weight is 425 g/mol. The predicted molar refractivity (Wildman–Crippen MR) is 119 cm³/mol. The van der Waals surface area contributed by atoms with Crippen molar-refractivity contribution < 1.29 is 14.3 Å². The van der Waals surface area contributed by atoms with Gasteiger partial charge in [0, 0.05) is 0 Å². The van der Waals surface area contributed by atoms with Gasteiger partial charge in [0.15, 0.2) is 16.6 Å². The molecule has 1 amide bonds. The SMILES string of the molecule is CCc1nc(N)sc1C(=O)N/N=C/c1ccc(OCc2ccc(C)cc2)c(OC)c1. The van der Waals surface area contributed by atoms with Gasteiger partial charge in [0.1, 0.15) is 11.5 Å². The normalized spacial score (nSPS) is 10.9. The van der Waals surface area contributed by atoms with Crippen molar-refractivity contribution in [2.75, 3.05) is 12.8 Å². The zero-order chi connectivity index (χ0) is 21.5. The van der Waals surface area contributed by atoms with E-state index in [0.717, 1.165) is 22.5 Å². The largest absolute Gasteiger partial charge is 0.493 e. The molecule has 3 rings (SSSR count). The van der Waals surface area contributed by atoms with Gasteiger partial charge in [0.05, 0.1) is 19.0 Å². The highest BCUT2D eigenvalue weighted by Gasteiger charge is 2.15. The molecule has 3 aromatic rings. The topological polar surface area (TPSA) is 98.8 Å². The third-order valence-corrected chi connectivity index (χ3v) is 5.26. The van der Waals surface area contributed by atoms with E-state index in [1.165, 1.54) is 5.56 Å². The third kappa shape index (κ3) is 5.36. The van der Waals surface area contributed by atoms with E-state index >= 15 is 0 Å². The maximum atomic E-state index is 12.3. The molecular weight excluding hydrogens is 400 g/mol. The summed E-state index contributed by atoms with van der Waals surface area (Å²) in [4.78, 5) is 16.9. The highest BCUT2D eigenvalue weighted by Crippen LogP contribution is 2.28. The number of benzene rings is 2. The Balaban J connectivity index is 1.63. The number of anilines is 1. The van der Waals surface area contributed by atoms with Crippen molar-refractivity contribution in [2.24, 2.45) is 5.10 Å². The lowest BCUT2D eigenvalue weighted by atomic mass is 10.2. The molecule has 0 radical (unpaired) electrons. The van der Waals surface area contributed by atoms with Crippen LogP contribution in [-0.4, -0.2) is 24.2 Å². The van der Waals surface area contributed by atoms with Gasteiger partial charge < -0.3 is 15.2 Å². The number of methoxy groups -OCH3 is 1. The number of hydrazone groups is 1. The summed E-state index contributed by atoms with van der Waals surface area (Å²) >= 11 is 1.15. The van der Waals surface area contributed by atoms with E-state index in [9.17, 15) is 4.79 Å². The molecule has 156 valence electrons. The Morgan fingerprint density at radius 1 is 1.23 bits per heavy atom. The van der Waals surface area contributed by atoms with Crippen molar-refractivity contribution in [3.8, 4) is 11.5 Å². The second-order valence-electron chi connectivity index (χ2n) is 6.57. The van der Waals surface area contributed by atoms with Gasteiger partial charge in [-0.1, -0.05) is 48.1 Å². The summed E-state index contributed by atoms with van der Waals surface area (Å²) in [7, 11) is 1.58. The number of nitrogens with one attached hydrogen (secondary N) is 1. The molecule has 1 heterocycles. The van der Waals surface area contributed by atoms with E-state index in [4.69, 9.17) is 15.2 Å². The van der Waals surface area contributed by atoms with Gasteiger partial charge in [0.25, 0.3) is 5.91 Å². The molecule has 8 heteroatoms. The highest BCUT2D eigenvalue weighted by molar-refractivity contribution is 7.17. The van der Waals surface area contributed by atoms with E-state index in [1.807, 2.05) is 50.2 Å². The van der Waals surface area contributed by atoms with Gasteiger partial charge >= 0.3 is 0 Å². The van der Waals surface area contributed by atoms with Crippen molar-refractivity contribution in [3.05, 3.63) is 69.7 Å². The van der Waals surface area contributed by atoms with Crippen LogP contribution in [0.15, 0.2) is 47.6 Å². The molecule has 7 nitrogen and oxygen atoms in total. The highest BCUT2D eigenvalue weighted by atomic mass is 32.1. The minimum atomic E-state index is -0.331. The molecule has 0 unspecified atom stereocenters. The zero-order valence-corrected chi connectivity index (χ0v) is 18.0. The molecule has 0 aliphatic heterocycles. The number of amides is 1. The van der Waals surface area contributed by atoms with Crippen molar-refractivity contribution >= 4 is 28.6 Å². The number of nitrogens with two attached hydrogens (primary N) is 1. The lowest BCUT2D eigenvalue weighted by molar-refractivity contribution is 0.0958. The van der Waals surface area contributed by atoms with E-state index in [2.05, 4.69) is 15.5 Å². The van der Waals surface area contributed by atoms with Crippen molar-refractivity contribution in [1.29, 1.82) is 0 Å². The number of thiazole rings is 1. The Bertz CT molecular complexity index is 1050. The maximum Gasteiger partial charge on any atom is 0.283 e. The molecule has 3 N–H and O–H groups in total. The van der Waals surface area contributed by atoms with Crippen LogP contribution in [0, 0.1) is 6.92 Å². The molecule has 0 spiro atoms. The fourth-order valence-corrected chi connectivity index (χ4v) is 3.54. The Morgan fingerprint density at radius 2 is 2.00 bits per heavy atom. The molecular formula is C22H24N4O3S. The van der Waals surface area contributed by atoms with Crippen LogP contribution >= 0.6 is 11.3 Å². The van der Waals surface area contributed by atoms with Crippen LogP contribution in [0.5, 0.6) is 11.5 Å². The lowest BCUT2D eigenvalue weighted by Crippen LogP contribution is -2.17. The quantitative estimate of drug-likeness (QED) is 0.421. The predicted octanol–water partition coefficient (Wildman–Crippen LogP) is 3.95. The maximum absolute atomic E-state index is 12.3. The first-order valence-corrected chi connectivity index (χ1v) is 10.3. The molecule has 0 saturated heterocycles. The fraction of sp³-hybridized carbons (Fsp3) is 0.227. The number of carbonyl (C=O) groups excluding carboxylic acids is 1. The Morgan fingerprint density at radius 3 is 2.70 bits per heavy atom. The summed E-state index contributed by atoms with van der Waals surface area (Å²) in [5.41, 5.74) is 11.9. The Hall–Kier alpha value is -3.39. The number of nitrogens with zero attached hydrogens (tertiary/aromatic N) is 2. The molecule has 1 aromatic heterocycles. The first-order chi connectivity index (χ1) is 14.5. The first kappa shape index (κ1) is 21.3. The number of carbonyl (C=O) groups is 1. The standard InChI is InChI=1S/C22H24N4O3S/c1-4-17-20(30-22(23)25-17)21(27)26-24-12-16-9-10-18(19(11-16)28-3)29-13-15-7-5-14(2)6-8-15/h5-12H,4,13H2,1-3H3,(H2,23,25)(H,26,27)/b24-12+. The first-order valence-electron chi connectivity index (χ1n) is 9.45. The second kappa shape index (κ2) is 9.89. The van der Waals surface area contributed by atoms with Gasteiger partial charge in [-0.15, -0.1) is 0 Å². The van der Waals surface area contributed by atoms with Crippen LogP contribution in [0.1, 0.15) is 39.0 Å². The van der Waals surface area contributed by atoms with Gasteiger partial charge in [-0.25, -0.2) is 10.4 Å².